The molecular weight excluding hydrogens is 258 g/mol. The Bertz CT molecular complexity index is 573. The minimum Gasteiger partial charge on any atom is -0.508 e. The number of phenols is 1. The van der Waals surface area contributed by atoms with Gasteiger partial charge in [-0.15, -0.1) is 0 Å². The number of aryl methyl sites for hydroxylation is 2. The lowest BCUT2D eigenvalue weighted by Gasteiger charge is -2.30. The molecule has 2 heteroatoms. The van der Waals surface area contributed by atoms with E-state index in [1.54, 1.807) is 0 Å². The van der Waals surface area contributed by atoms with Gasteiger partial charge in [-0.05, 0) is 61.4 Å². The van der Waals surface area contributed by atoms with Crippen LogP contribution >= 0.6 is 0 Å². The number of hydrogen-bond donors (Lipinski definition) is 1. The summed E-state index contributed by atoms with van der Waals surface area (Å²) in [5.41, 5.74) is 3.93. The number of anilines is 1. The molecule has 1 aliphatic rings. The van der Waals surface area contributed by atoms with Crippen LogP contribution in [0.2, 0.25) is 0 Å². The van der Waals surface area contributed by atoms with Crippen molar-refractivity contribution in [2.75, 3.05) is 18.0 Å². The zero-order valence-electron chi connectivity index (χ0n) is 12.5. The Morgan fingerprint density at radius 1 is 0.857 bits per heavy atom. The van der Waals surface area contributed by atoms with Gasteiger partial charge >= 0.3 is 0 Å². The molecule has 3 rings (SSSR count). The Morgan fingerprint density at radius 2 is 1.62 bits per heavy atom. The maximum absolute atomic E-state index is 9.81. The van der Waals surface area contributed by atoms with Gasteiger partial charge in [-0.1, -0.05) is 30.3 Å². The lowest BCUT2D eigenvalue weighted by molar-refractivity contribution is 0.474. The number of benzene rings is 2. The van der Waals surface area contributed by atoms with Crippen LogP contribution in [-0.2, 0) is 12.8 Å². The van der Waals surface area contributed by atoms with Crippen molar-refractivity contribution in [3.8, 4) is 5.75 Å². The molecule has 0 bridgehead atoms. The molecule has 1 N–H and O–H groups in total. The van der Waals surface area contributed by atoms with Gasteiger partial charge in [-0.2, -0.15) is 0 Å². The molecule has 2 aromatic carbocycles. The highest BCUT2D eigenvalue weighted by Gasteiger charge is 2.14. The number of piperidine rings is 1. The lowest BCUT2D eigenvalue weighted by atomic mass is 10.0. The van der Waals surface area contributed by atoms with Gasteiger partial charge in [0, 0.05) is 18.8 Å². The van der Waals surface area contributed by atoms with Crippen molar-refractivity contribution < 1.29 is 5.11 Å². The molecule has 0 saturated carbocycles. The summed E-state index contributed by atoms with van der Waals surface area (Å²) in [6, 6.07) is 16.4. The van der Waals surface area contributed by atoms with Gasteiger partial charge in [0.25, 0.3) is 0 Å². The minimum absolute atomic E-state index is 0.374. The van der Waals surface area contributed by atoms with E-state index in [4.69, 9.17) is 0 Å². The number of hydrogen-bond acceptors (Lipinski definition) is 2. The fourth-order valence-electron chi connectivity index (χ4n) is 3.14. The standard InChI is InChI=1S/C19H23NO/c21-18-11-12-19(20-13-5-2-6-14-20)17(15-18)10-9-16-7-3-1-4-8-16/h1,3-4,7-8,11-12,15,21H,2,5-6,9-10,13-14H2. The molecule has 0 spiro atoms. The predicted octanol–water partition coefficient (Wildman–Crippen LogP) is 4.17. The Hall–Kier alpha value is -1.96. The molecule has 1 saturated heterocycles. The summed E-state index contributed by atoms with van der Waals surface area (Å²) < 4.78 is 0. The van der Waals surface area contributed by atoms with Crippen LogP contribution < -0.4 is 4.90 Å². The second-order valence-electron chi connectivity index (χ2n) is 5.85. The smallest absolute Gasteiger partial charge is 0.116 e. The van der Waals surface area contributed by atoms with Gasteiger partial charge in [0.2, 0.25) is 0 Å². The van der Waals surface area contributed by atoms with E-state index in [2.05, 4.69) is 41.3 Å². The SMILES string of the molecule is Oc1ccc(N2CCCCC2)c(CCc2ccccc2)c1. The first-order chi connectivity index (χ1) is 10.3. The number of rotatable bonds is 4. The largest absolute Gasteiger partial charge is 0.508 e. The first kappa shape index (κ1) is 14.0. The molecule has 2 nitrogen and oxygen atoms in total. The Morgan fingerprint density at radius 3 is 2.38 bits per heavy atom. The van der Waals surface area contributed by atoms with Crippen LogP contribution in [0, 0.1) is 0 Å². The summed E-state index contributed by atoms with van der Waals surface area (Å²) >= 11 is 0. The van der Waals surface area contributed by atoms with Crippen molar-refractivity contribution in [3.63, 3.8) is 0 Å². The first-order valence-electron chi connectivity index (χ1n) is 7.94. The Labute approximate surface area is 127 Å². The summed E-state index contributed by atoms with van der Waals surface area (Å²) in [4.78, 5) is 2.48. The monoisotopic (exact) mass is 281 g/mol. The van der Waals surface area contributed by atoms with Crippen LogP contribution in [0.5, 0.6) is 5.75 Å². The van der Waals surface area contributed by atoms with Crippen molar-refractivity contribution in [1.82, 2.24) is 0 Å². The predicted molar refractivity (Wildman–Crippen MR) is 88.0 cm³/mol. The topological polar surface area (TPSA) is 23.5 Å². The second kappa shape index (κ2) is 6.66. The van der Waals surface area contributed by atoms with E-state index >= 15 is 0 Å². The summed E-state index contributed by atoms with van der Waals surface area (Å²) in [5, 5.41) is 9.81. The van der Waals surface area contributed by atoms with E-state index in [-0.39, 0.29) is 0 Å². The molecule has 0 aliphatic carbocycles. The van der Waals surface area contributed by atoms with Gasteiger partial charge in [-0.25, -0.2) is 0 Å². The Kier molecular flexibility index (Phi) is 4.44. The molecule has 21 heavy (non-hydrogen) atoms. The van der Waals surface area contributed by atoms with Crippen LogP contribution in [-0.4, -0.2) is 18.2 Å². The van der Waals surface area contributed by atoms with Crippen LogP contribution in [0.25, 0.3) is 0 Å². The van der Waals surface area contributed by atoms with E-state index in [0.29, 0.717) is 5.75 Å². The maximum Gasteiger partial charge on any atom is 0.116 e. The van der Waals surface area contributed by atoms with Crippen molar-refractivity contribution in [1.29, 1.82) is 0 Å². The summed E-state index contributed by atoms with van der Waals surface area (Å²) in [6.07, 6.45) is 5.89. The molecule has 1 aliphatic heterocycles. The van der Waals surface area contributed by atoms with Crippen molar-refractivity contribution in [2.45, 2.75) is 32.1 Å². The van der Waals surface area contributed by atoms with E-state index in [9.17, 15) is 5.11 Å². The zero-order chi connectivity index (χ0) is 14.5. The van der Waals surface area contributed by atoms with E-state index in [0.717, 1.165) is 25.9 Å². The van der Waals surface area contributed by atoms with Gasteiger partial charge in [0.15, 0.2) is 0 Å². The summed E-state index contributed by atoms with van der Waals surface area (Å²) in [6.45, 7) is 2.28. The van der Waals surface area contributed by atoms with Crippen LogP contribution in [0.1, 0.15) is 30.4 Å². The molecule has 0 radical (unpaired) electrons. The van der Waals surface area contributed by atoms with Crippen LogP contribution in [0.3, 0.4) is 0 Å². The second-order valence-corrected chi connectivity index (χ2v) is 5.85. The van der Waals surface area contributed by atoms with Crippen LogP contribution in [0.4, 0.5) is 5.69 Å². The number of phenolic OH excluding ortho intramolecular Hbond substituents is 1. The minimum atomic E-state index is 0.374. The van der Waals surface area contributed by atoms with Crippen molar-refractivity contribution in [3.05, 3.63) is 59.7 Å². The quantitative estimate of drug-likeness (QED) is 0.909. The van der Waals surface area contributed by atoms with Crippen molar-refractivity contribution >= 4 is 5.69 Å². The van der Waals surface area contributed by atoms with Gasteiger partial charge in [-0.3, -0.25) is 0 Å². The lowest BCUT2D eigenvalue weighted by Crippen LogP contribution is -2.30. The average Bonchev–Trinajstić information content (AvgIpc) is 2.55. The van der Waals surface area contributed by atoms with Gasteiger partial charge in [0.05, 0.1) is 0 Å². The van der Waals surface area contributed by atoms with E-state index < -0.39 is 0 Å². The van der Waals surface area contributed by atoms with E-state index in [1.807, 2.05) is 12.1 Å². The van der Waals surface area contributed by atoms with Gasteiger partial charge in [0.1, 0.15) is 5.75 Å². The third kappa shape index (κ3) is 3.57. The maximum atomic E-state index is 9.81. The fourth-order valence-corrected chi connectivity index (χ4v) is 3.14. The zero-order valence-corrected chi connectivity index (χ0v) is 12.5. The first-order valence-corrected chi connectivity index (χ1v) is 7.94. The average molecular weight is 281 g/mol. The highest BCUT2D eigenvalue weighted by atomic mass is 16.3. The van der Waals surface area contributed by atoms with Crippen LogP contribution in [0.15, 0.2) is 48.5 Å². The molecule has 1 heterocycles. The number of nitrogens with zero attached hydrogens (tertiary/aromatic N) is 1. The molecule has 0 amide bonds. The molecule has 2 aromatic rings. The molecule has 0 atom stereocenters. The third-order valence-electron chi connectivity index (χ3n) is 4.29. The molecule has 0 unspecified atom stereocenters. The summed E-state index contributed by atoms with van der Waals surface area (Å²) in [5.74, 6) is 0.374. The molecule has 1 fully saturated rings. The fraction of sp³-hybridized carbons (Fsp3) is 0.368. The molecule has 0 aromatic heterocycles. The molecular formula is C19H23NO. The van der Waals surface area contributed by atoms with Gasteiger partial charge < -0.3 is 10.0 Å². The third-order valence-corrected chi connectivity index (χ3v) is 4.29. The normalized spacial score (nSPS) is 15.1. The Balaban J connectivity index is 1.77. The van der Waals surface area contributed by atoms with Crippen molar-refractivity contribution in [2.24, 2.45) is 0 Å². The number of aromatic hydroxyl groups is 1. The summed E-state index contributed by atoms with van der Waals surface area (Å²) in [7, 11) is 0. The van der Waals surface area contributed by atoms with E-state index in [1.165, 1.54) is 36.1 Å². The highest BCUT2D eigenvalue weighted by Crippen LogP contribution is 2.28. The molecule has 110 valence electrons. The highest BCUT2D eigenvalue weighted by molar-refractivity contribution is 5.56.